The highest BCUT2D eigenvalue weighted by Gasteiger charge is 2.39. The first-order valence-corrected chi connectivity index (χ1v) is 14.3. The van der Waals surface area contributed by atoms with Crippen LogP contribution in [0.5, 0.6) is 0 Å². The van der Waals surface area contributed by atoms with Gasteiger partial charge in [0.2, 0.25) is 0 Å². The van der Waals surface area contributed by atoms with Crippen molar-refractivity contribution < 1.29 is 18.0 Å². The first-order valence-electron chi connectivity index (χ1n) is 10.8. The van der Waals surface area contributed by atoms with Crippen LogP contribution in [0.3, 0.4) is 0 Å². The Morgan fingerprint density at radius 1 is 0.778 bits per heavy atom. The van der Waals surface area contributed by atoms with E-state index in [4.69, 9.17) is 30.2 Å². The molecule has 162 valence electrons. The van der Waals surface area contributed by atoms with Crippen molar-refractivity contribution in [3.8, 4) is 0 Å². The molecule has 0 bridgehead atoms. The van der Waals surface area contributed by atoms with Crippen LogP contribution in [0.1, 0.15) is 79.1 Å². The van der Waals surface area contributed by atoms with E-state index in [0.29, 0.717) is 19.8 Å². The molecule has 0 aromatic heterocycles. The maximum absolute atomic E-state index is 5.89. The molecule has 0 aromatic carbocycles. The van der Waals surface area contributed by atoms with Crippen LogP contribution >= 0.6 is 24.0 Å². The van der Waals surface area contributed by atoms with Gasteiger partial charge in [0, 0.05) is 32.3 Å². The summed E-state index contributed by atoms with van der Waals surface area (Å²) < 4.78 is 23.3. The van der Waals surface area contributed by atoms with Crippen LogP contribution in [0.15, 0.2) is 0 Å². The van der Waals surface area contributed by atoms with Crippen LogP contribution in [-0.4, -0.2) is 51.8 Å². The van der Waals surface area contributed by atoms with Gasteiger partial charge in [0.1, 0.15) is 0 Å². The van der Waals surface area contributed by atoms with Gasteiger partial charge in [-0.3, -0.25) is 0 Å². The molecule has 0 aliphatic rings. The quantitative estimate of drug-likeness (QED) is 0.127. The molecule has 0 N–H and O–H groups in total. The molecular formula is C20H42O4S2Si. The van der Waals surface area contributed by atoms with Crippen molar-refractivity contribution in [1.29, 1.82) is 0 Å². The number of unbranched alkanes of at least 4 members (excludes halogenated alkanes) is 4. The van der Waals surface area contributed by atoms with Gasteiger partial charge in [0.05, 0.1) is 6.61 Å². The van der Waals surface area contributed by atoms with Gasteiger partial charge in [0.25, 0.3) is 0 Å². The van der Waals surface area contributed by atoms with E-state index in [9.17, 15) is 0 Å². The van der Waals surface area contributed by atoms with E-state index in [1.165, 1.54) is 32.1 Å². The normalized spacial score (nSPS) is 11.7. The molecule has 0 radical (unpaired) electrons. The number of thiocarbonyl (C=S) groups is 1. The summed E-state index contributed by atoms with van der Waals surface area (Å²) in [6.07, 6.45) is 9.40. The number of thioether (sulfide) groups is 1. The molecule has 0 heterocycles. The summed E-state index contributed by atoms with van der Waals surface area (Å²) in [5.74, 6) is 2.20. The number of hydrogen-bond acceptors (Lipinski definition) is 6. The van der Waals surface area contributed by atoms with Gasteiger partial charge in [-0.05, 0) is 63.8 Å². The van der Waals surface area contributed by atoms with Crippen LogP contribution in [0.25, 0.3) is 0 Å². The number of hydrogen-bond donors (Lipinski definition) is 0. The second kappa shape index (κ2) is 19.6. The summed E-state index contributed by atoms with van der Waals surface area (Å²) in [4.78, 5) is 0. The summed E-state index contributed by atoms with van der Waals surface area (Å²) in [6, 6.07) is 0.897. The lowest BCUT2D eigenvalue weighted by Crippen LogP contribution is -2.46. The minimum atomic E-state index is -2.46. The second-order valence-corrected chi connectivity index (χ2v) is 10.8. The fourth-order valence-corrected chi connectivity index (χ4v) is 6.76. The van der Waals surface area contributed by atoms with Gasteiger partial charge in [-0.25, -0.2) is 0 Å². The Hall–Kier alpha value is 0.337. The number of ether oxygens (including phenoxy) is 1. The largest absolute Gasteiger partial charge is 0.500 e. The highest BCUT2D eigenvalue weighted by molar-refractivity contribution is 7.99. The Kier molecular flexibility index (Phi) is 19.9. The Bertz CT molecular complexity index is 329. The second-order valence-electron chi connectivity index (χ2n) is 6.44. The van der Waals surface area contributed by atoms with Crippen molar-refractivity contribution in [2.45, 2.75) is 85.1 Å². The zero-order valence-corrected chi connectivity index (χ0v) is 20.7. The molecule has 0 unspecified atom stereocenters. The van der Waals surface area contributed by atoms with E-state index in [0.717, 1.165) is 48.5 Å². The molecule has 0 spiro atoms. The van der Waals surface area contributed by atoms with E-state index < -0.39 is 8.80 Å². The average Bonchev–Trinajstić information content (AvgIpc) is 2.64. The van der Waals surface area contributed by atoms with Gasteiger partial charge < -0.3 is 18.0 Å². The van der Waals surface area contributed by atoms with Gasteiger partial charge in [-0.1, -0.05) is 32.6 Å². The van der Waals surface area contributed by atoms with Crippen LogP contribution in [0.4, 0.5) is 0 Å². The molecule has 0 aliphatic carbocycles. The van der Waals surface area contributed by atoms with Crippen LogP contribution in [-0.2, 0) is 18.0 Å². The predicted octanol–water partition coefficient (Wildman–Crippen LogP) is 6.25. The Morgan fingerprint density at radius 3 is 1.96 bits per heavy atom. The predicted molar refractivity (Wildman–Crippen MR) is 124 cm³/mol. The van der Waals surface area contributed by atoms with E-state index in [2.05, 4.69) is 6.92 Å². The third-order valence-corrected chi connectivity index (χ3v) is 8.67. The maximum Gasteiger partial charge on any atom is 0.500 e. The van der Waals surface area contributed by atoms with Gasteiger partial charge in [0.15, 0.2) is 5.05 Å². The molecule has 0 atom stereocenters. The van der Waals surface area contributed by atoms with Gasteiger partial charge >= 0.3 is 8.80 Å². The molecule has 0 aliphatic heterocycles. The Morgan fingerprint density at radius 2 is 1.37 bits per heavy atom. The smallest absolute Gasteiger partial charge is 0.487 e. The standard InChI is InChI=1S/C20H42O4S2Si/c1-5-9-10-11-12-15-20(25)21-16-13-17-26-18-14-19-27(22-6-2,23-7-3)24-8-4/h5-19H2,1-4H3. The van der Waals surface area contributed by atoms with E-state index in [1.54, 1.807) is 0 Å². The van der Waals surface area contributed by atoms with Crippen molar-refractivity contribution in [3.05, 3.63) is 0 Å². The lowest BCUT2D eigenvalue weighted by Gasteiger charge is -2.28. The summed E-state index contributed by atoms with van der Waals surface area (Å²) >= 11 is 7.26. The third kappa shape index (κ3) is 15.9. The molecule has 0 amide bonds. The van der Waals surface area contributed by atoms with Crippen molar-refractivity contribution in [1.82, 2.24) is 0 Å². The zero-order valence-electron chi connectivity index (χ0n) is 18.1. The Balaban J connectivity index is 3.67. The van der Waals surface area contributed by atoms with E-state index in [-0.39, 0.29) is 0 Å². The SMILES string of the molecule is CCCCCCCC(=S)OCCCSCCC[Si](OCC)(OCC)OCC. The molecule has 27 heavy (non-hydrogen) atoms. The molecule has 0 rings (SSSR count). The molecule has 7 heteroatoms. The Labute approximate surface area is 178 Å². The zero-order chi connectivity index (χ0) is 20.2. The average molecular weight is 439 g/mol. The monoisotopic (exact) mass is 438 g/mol. The van der Waals surface area contributed by atoms with Crippen molar-refractivity contribution in [2.75, 3.05) is 37.9 Å². The topological polar surface area (TPSA) is 36.9 Å². The number of rotatable bonds is 20. The van der Waals surface area contributed by atoms with E-state index >= 15 is 0 Å². The molecule has 0 saturated carbocycles. The summed E-state index contributed by atoms with van der Waals surface area (Å²) in [5.41, 5.74) is 0. The van der Waals surface area contributed by atoms with E-state index in [1.807, 2.05) is 32.5 Å². The van der Waals surface area contributed by atoms with Crippen molar-refractivity contribution >= 4 is 37.8 Å². The fourth-order valence-electron chi connectivity index (χ4n) is 2.79. The molecular weight excluding hydrogens is 396 g/mol. The molecule has 0 saturated heterocycles. The molecule has 4 nitrogen and oxygen atoms in total. The maximum atomic E-state index is 5.89. The molecule has 0 fully saturated rings. The van der Waals surface area contributed by atoms with Crippen LogP contribution in [0, 0.1) is 0 Å². The van der Waals surface area contributed by atoms with Crippen LogP contribution in [0.2, 0.25) is 6.04 Å². The lowest BCUT2D eigenvalue weighted by atomic mass is 10.1. The van der Waals surface area contributed by atoms with Gasteiger partial charge in [-0.15, -0.1) is 0 Å². The summed E-state index contributed by atoms with van der Waals surface area (Å²) in [6.45, 7) is 10.9. The van der Waals surface area contributed by atoms with Crippen LogP contribution < -0.4 is 0 Å². The minimum absolute atomic E-state index is 0.648. The molecule has 0 aromatic rings. The minimum Gasteiger partial charge on any atom is -0.487 e. The highest BCUT2D eigenvalue weighted by Crippen LogP contribution is 2.20. The first kappa shape index (κ1) is 27.3. The highest BCUT2D eigenvalue weighted by atomic mass is 32.2. The summed E-state index contributed by atoms with van der Waals surface area (Å²) in [7, 11) is -2.46. The van der Waals surface area contributed by atoms with Crippen molar-refractivity contribution in [2.24, 2.45) is 0 Å². The fraction of sp³-hybridized carbons (Fsp3) is 0.950. The first-order chi connectivity index (χ1) is 13.1. The van der Waals surface area contributed by atoms with Gasteiger partial charge in [-0.2, -0.15) is 11.8 Å². The van der Waals surface area contributed by atoms with Crippen molar-refractivity contribution in [3.63, 3.8) is 0 Å². The lowest BCUT2D eigenvalue weighted by molar-refractivity contribution is 0.0712. The third-order valence-electron chi connectivity index (χ3n) is 4.04. The summed E-state index contributed by atoms with van der Waals surface area (Å²) in [5, 5.41) is 0.789.